The third-order valence-corrected chi connectivity index (χ3v) is 1.96. The molecule has 0 bridgehead atoms. The molecular formula is C8H14FN3. The van der Waals surface area contributed by atoms with E-state index >= 15 is 0 Å². The number of nitrogens with zero attached hydrogens (tertiary/aromatic N) is 3. The van der Waals surface area contributed by atoms with Crippen molar-refractivity contribution < 1.29 is 4.39 Å². The third-order valence-electron chi connectivity index (χ3n) is 1.96. The SMILES string of the molecule is C=N/C(=N\N(C)CC)C1(F)CC1. The summed E-state index contributed by atoms with van der Waals surface area (Å²) in [5, 5.41) is 5.65. The Hall–Kier alpha value is -0.930. The fourth-order valence-electron chi connectivity index (χ4n) is 0.829. The summed E-state index contributed by atoms with van der Waals surface area (Å²) in [4.78, 5) is 3.59. The van der Waals surface area contributed by atoms with Gasteiger partial charge in [0.05, 0.1) is 0 Å². The van der Waals surface area contributed by atoms with E-state index in [2.05, 4.69) is 16.8 Å². The Bertz CT molecular complexity index is 208. The van der Waals surface area contributed by atoms with Crippen LogP contribution < -0.4 is 0 Å². The molecular weight excluding hydrogens is 157 g/mol. The van der Waals surface area contributed by atoms with Gasteiger partial charge in [-0.05, 0) is 26.5 Å². The molecule has 12 heavy (non-hydrogen) atoms. The summed E-state index contributed by atoms with van der Waals surface area (Å²) in [7, 11) is 1.79. The van der Waals surface area contributed by atoms with E-state index in [-0.39, 0.29) is 5.84 Å². The van der Waals surface area contributed by atoms with E-state index in [1.54, 1.807) is 12.1 Å². The topological polar surface area (TPSA) is 28.0 Å². The quantitative estimate of drug-likeness (QED) is 0.359. The van der Waals surface area contributed by atoms with Crippen LogP contribution in [-0.2, 0) is 0 Å². The Morgan fingerprint density at radius 1 is 1.67 bits per heavy atom. The molecule has 0 spiro atoms. The molecule has 0 aromatic rings. The molecule has 0 aromatic carbocycles. The second-order valence-corrected chi connectivity index (χ2v) is 3.02. The fraction of sp³-hybridized carbons (Fsp3) is 0.750. The number of hydrogen-bond donors (Lipinski definition) is 0. The zero-order valence-corrected chi connectivity index (χ0v) is 7.55. The molecule has 68 valence electrons. The standard InChI is InChI=1S/C8H14FN3/c1-4-12(3)11-7(10-2)8(9)5-6-8/h2,4-6H2,1,3H3/b11-7-. The van der Waals surface area contributed by atoms with Gasteiger partial charge in [-0.2, -0.15) is 5.10 Å². The molecule has 1 fully saturated rings. The van der Waals surface area contributed by atoms with Crippen LogP contribution in [0.15, 0.2) is 10.1 Å². The Morgan fingerprint density at radius 3 is 2.58 bits per heavy atom. The van der Waals surface area contributed by atoms with Crippen LogP contribution in [0, 0.1) is 0 Å². The number of aliphatic imine (C=N–C) groups is 1. The third kappa shape index (κ3) is 1.81. The number of alkyl halides is 1. The minimum atomic E-state index is -1.27. The van der Waals surface area contributed by atoms with Gasteiger partial charge in [0.15, 0.2) is 11.5 Å². The lowest BCUT2D eigenvalue weighted by molar-refractivity contribution is 0.352. The van der Waals surface area contributed by atoms with E-state index in [1.807, 2.05) is 6.92 Å². The second kappa shape index (κ2) is 3.21. The average Bonchev–Trinajstić information content (AvgIpc) is 2.79. The van der Waals surface area contributed by atoms with E-state index in [4.69, 9.17) is 0 Å². The van der Waals surface area contributed by atoms with Gasteiger partial charge in [-0.1, -0.05) is 0 Å². The number of amidine groups is 1. The molecule has 0 amide bonds. The Kier molecular flexibility index (Phi) is 2.45. The van der Waals surface area contributed by atoms with E-state index in [9.17, 15) is 4.39 Å². The van der Waals surface area contributed by atoms with Crippen molar-refractivity contribution in [3.63, 3.8) is 0 Å². The first-order valence-corrected chi connectivity index (χ1v) is 4.08. The van der Waals surface area contributed by atoms with Crippen LogP contribution in [0.1, 0.15) is 19.8 Å². The molecule has 1 aliphatic carbocycles. The molecule has 1 saturated carbocycles. The molecule has 0 unspecified atom stereocenters. The summed E-state index contributed by atoms with van der Waals surface area (Å²) in [6, 6.07) is 0. The molecule has 0 atom stereocenters. The van der Waals surface area contributed by atoms with Crippen molar-refractivity contribution in [2.45, 2.75) is 25.4 Å². The van der Waals surface area contributed by atoms with Crippen LogP contribution in [0.5, 0.6) is 0 Å². The van der Waals surface area contributed by atoms with Crippen LogP contribution in [0.4, 0.5) is 4.39 Å². The molecule has 0 aromatic heterocycles. The van der Waals surface area contributed by atoms with Crippen molar-refractivity contribution in [2.75, 3.05) is 13.6 Å². The molecule has 1 rings (SSSR count). The second-order valence-electron chi connectivity index (χ2n) is 3.02. The van der Waals surface area contributed by atoms with Gasteiger partial charge in [-0.25, -0.2) is 9.38 Å². The summed E-state index contributed by atoms with van der Waals surface area (Å²) < 4.78 is 13.4. The van der Waals surface area contributed by atoms with Crippen molar-refractivity contribution in [3.8, 4) is 0 Å². The van der Waals surface area contributed by atoms with Gasteiger partial charge < -0.3 is 0 Å². The van der Waals surface area contributed by atoms with Crippen LogP contribution in [0.2, 0.25) is 0 Å². The lowest BCUT2D eigenvalue weighted by Crippen LogP contribution is -2.20. The van der Waals surface area contributed by atoms with E-state index in [0.717, 1.165) is 6.54 Å². The molecule has 0 aliphatic heterocycles. The van der Waals surface area contributed by atoms with Crippen LogP contribution >= 0.6 is 0 Å². The summed E-state index contributed by atoms with van der Waals surface area (Å²) in [6.07, 6.45) is 1.06. The van der Waals surface area contributed by atoms with Crippen molar-refractivity contribution in [1.82, 2.24) is 5.01 Å². The van der Waals surface area contributed by atoms with Crippen LogP contribution in [-0.4, -0.2) is 36.8 Å². The van der Waals surface area contributed by atoms with Crippen molar-refractivity contribution in [1.29, 1.82) is 0 Å². The van der Waals surface area contributed by atoms with Crippen molar-refractivity contribution in [2.24, 2.45) is 10.1 Å². The molecule has 1 aliphatic rings. The first-order chi connectivity index (χ1) is 5.62. The number of hydrazone groups is 1. The average molecular weight is 171 g/mol. The minimum absolute atomic E-state index is 0.229. The van der Waals surface area contributed by atoms with Gasteiger partial charge in [-0.15, -0.1) is 0 Å². The maximum absolute atomic E-state index is 13.4. The summed E-state index contributed by atoms with van der Waals surface area (Å²) in [5.41, 5.74) is -1.27. The minimum Gasteiger partial charge on any atom is -0.299 e. The highest BCUT2D eigenvalue weighted by Crippen LogP contribution is 2.41. The maximum Gasteiger partial charge on any atom is 0.185 e. The van der Waals surface area contributed by atoms with E-state index in [1.165, 1.54) is 0 Å². The van der Waals surface area contributed by atoms with Gasteiger partial charge in [0.25, 0.3) is 0 Å². The summed E-state index contributed by atoms with van der Waals surface area (Å²) >= 11 is 0. The largest absolute Gasteiger partial charge is 0.299 e. The normalized spacial score (nSPS) is 20.4. The fourth-order valence-corrected chi connectivity index (χ4v) is 0.829. The van der Waals surface area contributed by atoms with Crippen LogP contribution in [0.3, 0.4) is 0 Å². The Balaban J connectivity index is 2.67. The highest BCUT2D eigenvalue weighted by molar-refractivity contribution is 5.95. The molecule has 0 radical (unpaired) electrons. The number of rotatable bonds is 3. The van der Waals surface area contributed by atoms with E-state index < -0.39 is 5.67 Å². The monoisotopic (exact) mass is 171 g/mol. The number of halogens is 1. The number of hydrogen-bond acceptors (Lipinski definition) is 2. The predicted octanol–water partition coefficient (Wildman–Crippen LogP) is 1.45. The highest BCUT2D eigenvalue weighted by Gasteiger charge is 2.49. The zero-order valence-electron chi connectivity index (χ0n) is 7.55. The van der Waals surface area contributed by atoms with Gasteiger partial charge in [0.1, 0.15) is 0 Å². The zero-order chi connectivity index (χ0) is 9.19. The molecule has 0 N–H and O–H groups in total. The molecule has 0 saturated heterocycles. The van der Waals surface area contributed by atoms with Gasteiger partial charge in [0, 0.05) is 13.6 Å². The smallest absolute Gasteiger partial charge is 0.185 e. The summed E-state index contributed by atoms with van der Waals surface area (Å²) in [5.74, 6) is 0.229. The Labute approximate surface area is 72.0 Å². The maximum atomic E-state index is 13.4. The predicted molar refractivity (Wildman–Crippen MR) is 48.4 cm³/mol. The first kappa shape index (κ1) is 9.16. The molecule has 0 heterocycles. The lowest BCUT2D eigenvalue weighted by Gasteiger charge is -2.12. The van der Waals surface area contributed by atoms with Gasteiger partial charge >= 0.3 is 0 Å². The molecule has 4 heteroatoms. The van der Waals surface area contributed by atoms with Crippen molar-refractivity contribution in [3.05, 3.63) is 0 Å². The van der Waals surface area contributed by atoms with Crippen molar-refractivity contribution >= 4 is 12.6 Å². The lowest BCUT2D eigenvalue weighted by atomic mass is 10.3. The van der Waals surface area contributed by atoms with Gasteiger partial charge in [0.2, 0.25) is 0 Å². The highest BCUT2D eigenvalue weighted by atomic mass is 19.1. The Morgan fingerprint density at radius 2 is 2.25 bits per heavy atom. The van der Waals surface area contributed by atoms with E-state index in [0.29, 0.717) is 12.8 Å². The molecule has 3 nitrogen and oxygen atoms in total. The first-order valence-electron chi connectivity index (χ1n) is 4.08. The van der Waals surface area contributed by atoms with Crippen LogP contribution in [0.25, 0.3) is 0 Å². The summed E-state index contributed by atoms with van der Waals surface area (Å²) in [6.45, 7) is 6.00. The van der Waals surface area contributed by atoms with Gasteiger partial charge in [-0.3, -0.25) is 5.01 Å².